The van der Waals surface area contributed by atoms with E-state index in [1.807, 2.05) is 37.4 Å². The lowest BCUT2D eigenvalue weighted by atomic mass is 10.0. The lowest BCUT2D eigenvalue weighted by Gasteiger charge is -2.05. The fraction of sp³-hybridized carbons (Fsp3) is 0.100. The van der Waals surface area contributed by atoms with Crippen molar-refractivity contribution in [1.29, 1.82) is 0 Å². The maximum Gasteiger partial charge on any atom is 0.213 e. The minimum absolute atomic E-state index is 0.470. The summed E-state index contributed by atoms with van der Waals surface area (Å²) < 4.78 is 13.2. The van der Waals surface area contributed by atoms with Crippen molar-refractivity contribution in [3.8, 4) is 22.4 Å². The van der Waals surface area contributed by atoms with Crippen LogP contribution in [-0.4, -0.2) is 21.5 Å². The maximum absolute atomic E-state index is 13.2. The van der Waals surface area contributed by atoms with E-state index >= 15 is 0 Å². The summed E-state index contributed by atoms with van der Waals surface area (Å²) in [5.74, 6) is 0.406. The lowest BCUT2D eigenvalue weighted by Crippen LogP contribution is -1.98. The van der Waals surface area contributed by atoms with Gasteiger partial charge in [-0.15, -0.1) is 0 Å². The molecule has 4 rings (SSSR count). The van der Waals surface area contributed by atoms with Crippen LogP contribution in [0.2, 0.25) is 0 Å². The second kappa shape index (κ2) is 6.36. The molecule has 4 aromatic rings. The Morgan fingerprint density at radius 2 is 1.68 bits per heavy atom. The van der Waals surface area contributed by atoms with Gasteiger partial charge in [0, 0.05) is 35.5 Å². The molecule has 3 heterocycles. The van der Waals surface area contributed by atoms with Crippen LogP contribution in [0.5, 0.6) is 0 Å². The first-order valence-corrected chi connectivity index (χ1v) is 8.18. The monoisotopic (exact) mass is 332 g/mol. The van der Waals surface area contributed by atoms with E-state index in [0.717, 1.165) is 45.6 Å². The molecule has 0 radical (unpaired) electrons. The molecule has 0 atom stereocenters. The van der Waals surface area contributed by atoms with Gasteiger partial charge in [0.15, 0.2) is 0 Å². The van der Waals surface area contributed by atoms with Crippen molar-refractivity contribution >= 4 is 16.7 Å². The van der Waals surface area contributed by atoms with E-state index in [1.54, 1.807) is 0 Å². The van der Waals surface area contributed by atoms with Gasteiger partial charge in [-0.3, -0.25) is 0 Å². The van der Waals surface area contributed by atoms with E-state index < -0.39 is 5.95 Å². The van der Waals surface area contributed by atoms with Crippen LogP contribution in [0.3, 0.4) is 0 Å². The third-order valence-electron chi connectivity index (χ3n) is 4.12. The summed E-state index contributed by atoms with van der Waals surface area (Å²) in [6, 6.07) is 15.6. The summed E-state index contributed by atoms with van der Waals surface area (Å²) in [4.78, 5) is 11.4. The van der Waals surface area contributed by atoms with Crippen molar-refractivity contribution in [1.82, 2.24) is 15.0 Å². The van der Waals surface area contributed by atoms with E-state index in [-0.39, 0.29) is 0 Å². The van der Waals surface area contributed by atoms with Gasteiger partial charge in [0.1, 0.15) is 5.82 Å². The van der Waals surface area contributed by atoms with Crippen molar-refractivity contribution < 1.29 is 4.39 Å². The molecule has 0 fully saturated rings. The van der Waals surface area contributed by atoms with Crippen LogP contribution in [0.1, 0.15) is 6.92 Å². The topological polar surface area (TPSA) is 53.6 Å². The van der Waals surface area contributed by atoms with Gasteiger partial charge < -0.3 is 10.3 Å². The van der Waals surface area contributed by atoms with Crippen molar-refractivity contribution in [3.05, 3.63) is 66.9 Å². The van der Waals surface area contributed by atoms with Crippen molar-refractivity contribution in [2.45, 2.75) is 6.92 Å². The standard InChI is InChI=1S/C20H17FN4/c1-2-22-20-8-7-15(11-24-20)13-3-5-14(6-4-13)17-9-16-10-19(21)23-12-18(16)25-17/h3-12,25H,2H2,1H3,(H,22,24). The number of rotatable bonds is 4. The van der Waals surface area contributed by atoms with E-state index in [1.165, 1.54) is 12.3 Å². The van der Waals surface area contributed by atoms with Gasteiger partial charge in [-0.25, -0.2) is 9.97 Å². The normalized spacial score (nSPS) is 11.0. The maximum atomic E-state index is 13.2. The van der Waals surface area contributed by atoms with Gasteiger partial charge in [0.25, 0.3) is 0 Å². The molecule has 5 heteroatoms. The Morgan fingerprint density at radius 3 is 2.40 bits per heavy atom. The molecule has 124 valence electrons. The highest BCUT2D eigenvalue weighted by atomic mass is 19.1. The molecule has 25 heavy (non-hydrogen) atoms. The average Bonchev–Trinajstić information content (AvgIpc) is 3.06. The predicted octanol–water partition coefficient (Wildman–Crippen LogP) is 4.86. The molecule has 0 aliphatic carbocycles. The molecule has 0 aliphatic rings. The van der Waals surface area contributed by atoms with E-state index in [2.05, 4.69) is 38.5 Å². The minimum atomic E-state index is -0.470. The highest BCUT2D eigenvalue weighted by molar-refractivity contribution is 5.85. The fourth-order valence-electron chi connectivity index (χ4n) is 2.85. The zero-order chi connectivity index (χ0) is 17.2. The number of anilines is 1. The Kier molecular flexibility index (Phi) is 3.90. The number of benzene rings is 1. The average molecular weight is 332 g/mol. The Hall–Kier alpha value is -3.21. The number of halogens is 1. The predicted molar refractivity (Wildman–Crippen MR) is 98.9 cm³/mol. The van der Waals surface area contributed by atoms with Crippen LogP contribution in [-0.2, 0) is 0 Å². The van der Waals surface area contributed by atoms with Crippen LogP contribution < -0.4 is 5.32 Å². The van der Waals surface area contributed by atoms with Gasteiger partial charge in [0.2, 0.25) is 5.95 Å². The molecule has 1 aromatic carbocycles. The van der Waals surface area contributed by atoms with Crippen molar-refractivity contribution in [2.75, 3.05) is 11.9 Å². The second-order valence-corrected chi connectivity index (χ2v) is 5.82. The molecule has 4 nitrogen and oxygen atoms in total. The highest BCUT2D eigenvalue weighted by Crippen LogP contribution is 2.27. The van der Waals surface area contributed by atoms with Gasteiger partial charge in [0.05, 0.1) is 11.7 Å². The Balaban J connectivity index is 1.62. The SMILES string of the molecule is CCNc1ccc(-c2ccc(-c3cc4cc(F)ncc4[nH]3)cc2)cn1. The largest absolute Gasteiger partial charge is 0.370 e. The minimum Gasteiger partial charge on any atom is -0.370 e. The summed E-state index contributed by atoms with van der Waals surface area (Å²) in [5.41, 5.74) is 4.97. The van der Waals surface area contributed by atoms with Crippen LogP contribution in [0, 0.1) is 5.95 Å². The highest BCUT2D eigenvalue weighted by Gasteiger charge is 2.06. The first-order chi connectivity index (χ1) is 12.2. The molecule has 0 unspecified atom stereocenters. The first-order valence-electron chi connectivity index (χ1n) is 8.18. The zero-order valence-corrected chi connectivity index (χ0v) is 13.8. The van der Waals surface area contributed by atoms with Crippen LogP contribution >= 0.6 is 0 Å². The van der Waals surface area contributed by atoms with Crippen LogP contribution in [0.15, 0.2) is 60.9 Å². The smallest absolute Gasteiger partial charge is 0.213 e. The van der Waals surface area contributed by atoms with E-state index in [0.29, 0.717) is 0 Å². The van der Waals surface area contributed by atoms with Gasteiger partial charge in [-0.1, -0.05) is 24.3 Å². The summed E-state index contributed by atoms with van der Waals surface area (Å²) in [5, 5.41) is 4.00. The third kappa shape index (κ3) is 3.08. The van der Waals surface area contributed by atoms with E-state index in [4.69, 9.17) is 0 Å². The molecule has 0 saturated carbocycles. The molecule has 3 aromatic heterocycles. The summed E-state index contributed by atoms with van der Waals surface area (Å²) >= 11 is 0. The number of nitrogens with zero attached hydrogens (tertiary/aromatic N) is 2. The summed E-state index contributed by atoms with van der Waals surface area (Å²) in [7, 11) is 0. The fourth-order valence-corrected chi connectivity index (χ4v) is 2.85. The molecule has 0 bridgehead atoms. The number of fused-ring (bicyclic) bond motifs is 1. The first kappa shape index (κ1) is 15.3. The molecule has 2 N–H and O–H groups in total. The summed E-state index contributed by atoms with van der Waals surface area (Å²) in [6.45, 7) is 2.90. The van der Waals surface area contributed by atoms with Crippen LogP contribution in [0.4, 0.5) is 10.2 Å². The molecular weight excluding hydrogens is 315 g/mol. The molecule has 0 amide bonds. The lowest BCUT2D eigenvalue weighted by molar-refractivity contribution is 0.586. The number of hydrogen-bond acceptors (Lipinski definition) is 3. The van der Waals surface area contributed by atoms with Gasteiger partial charge in [-0.2, -0.15) is 4.39 Å². The Bertz CT molecular complexity index is 1000. The number of H-pyrrole nitrogens is 1. The number of pyridine rings is 2. The number of aromatic amines is 1. The zero-order valence-electron chi connectivity index (χ0n) is 13.8. The second-order valence-electron chi connectivity index (χ2n) is 5.82. The molecule has 0 saturated heterocycles. The van der Waals surface area contributed by atoms with Crippen molar-refractivity contribution in [2.24, 2.45) is 0 Å². The molecular formula is C20H17FN4. The van der Waals surface area contributed by atoms with Crippen LogP contribution in [0.25, 0.3) is 33.3 Å². The Labute approximate surface area is 144 Å². The molecule has 0 aliphatic heterocycles. The van der Waals surface area contributed by atoms with E-state index in [9.17, 15) is 4.39 Å². The number of aromatic nitrogens is 3. The van der Waals surface area contributed by atoms with Gasteiger partial charge in [-0.05, 0) is 36.2 Å². The summed E-state index contributed by atoms with van der Waals surface area (Å²) in [6.07, 6.45) is 3.38. The third-order valence-corrected chi connectivity index (χ3v) is 4.12. The van der Waals surface area contributed by atoms with Crippen molar-refractivity contribution in [3.63, 3.8) is 0 Å². The molecule has 0 spiro atoms. The van der Waals surface area contributed by atoms with Gasteiger partial charge >= 0.3 is 0 Å². The Morgan fingerprint density at radius 1 is 0.920 bits per heavy atom. The quantitative estimate of drug-likeness (QED) is 0.525. The number of hydrogen-bond donors (Lipinski definition) is 2. The number of nitrogens with one attached hydrogen (secondary N) is 2.